The lowest BCUT2D eigenvalue weighted by atomic mass is 10.0. The standard InChI is InChI=1S/C11H25NO2S/c1-5-7-12-11(3)9-10(2)6-8-15(4,13)14/h10-12H,5-9H2,1-4H3. The molecule has 1 N–H and O–H groups in total. The Morgan fingerprint density at radius 2 is 1.87 bits per heavy atom. The fraction of sp³-hybridized carbons (Fsp3) is 1.00. The summed E-state index contributed by atoms with van der Waals surface area (Å²) in [6.07, 6.45) is 4.27. The second-order valence-electron chi connectivity index (χ2n) is 4.61. The van der Waals surface area contributed by atoms with Gasteiger partial charge in [-0.25, -0.2) is 8.42 Å². The Kier molecular flexibility index (Phi) is 7.18. The lowest BCUT2D eigenvalue weighted by Gasteiger charge is -2.17. The average Bonchev–Trinajstić information content (AvgIpc) is 2.10. The molecule has 0 rings (SSSR count). The van der Waals surface area contributed by atoms with Gasteiger partial charge in [0, 0.05) is 12.3 Å². The summed E-state index contributed by atoms with van der Waals surface area (Å²) in [5.74, 6) is 0.786. The maximum Gasteiger partial charge on any atom is 0.147 e. The van der Waals surface area contributed by atoms with Crippen LogP contribution in [0.2, 0.25) is 0 Å². The molecule has 0 spiro atoms. The van der Waals surface area contributed by atoms with Crippen molar-refractivity contribution in [3.05, 3.63) is 0 Å². The molecule has 0 aromatic carbocycles. The zero-order chi connectivity index (χ0) is 11.9. The van der Waals surface area contributed by atoms with E-state index >= 15 is 0 Å². The second-order valence-corrected chi connectivity index (χ2v) is 6.87. The molecule has 0 radical (unpaired) electrons. The zero-order valence-corrected chi connectivity index (χ0v) is 11.2. The quantitative estimate of drug-likeness (QED) is 0.698. The van der Waals surface area contributed by atoms with E-state index in [1.54, 1.807) is 0 Å². The van der Waals surface area contributed by atoms with E-state index < -0.39 is 9.84 Å². The van der Waals surface area contributed by atoms with E-state index in [0.717, 1.165) is 25.8 Å². The van der Waals surface area contributed by atoms with E-state index in [-0.39, 0.29) is 0 Å². The van der Waals surface area contributed by atoms with Crippen LogP contribution >= 0.6 is 0 Å². The van der Waals surface area contributed by atoms with Gasteiger partial charge in [0.1, 0.15) is 9.84 Å². The lowest BCUT2D eigenvalue weighted by molar-refractivity contribution is 0.413. The van der Waals surface area contributed by atoms with Gasteiger partial charge in [-0.2, -0.15) is 0 Å². The summed E-state index contributed by atoms with van der Waals surface area (Å²) in [7, 11) is -2.79. The summed E-state index contributed by atoms with van der Waals surface area (Å²) in [5, 5.41) is 3.41. The highest BCUT2D eigenvalue weighted by Gasteiger charge is 2.10. The summed E-state index contributed by atoms with van der Waals surface area (Å²) in [6.45, 7) is 7.47. The zero-order valence-electron chi connectivity index (χ0n) is 10.4. The first kappa shape index (κ1) is 14.9. The minimum absolute atomic E-state index is 0.314. The molecule has 0 saturated carbocycles. The Hall–Kier alpha value is -0.0900. The molecule has 0 bridgehead atoms. The van der Waals surface area contributed by atoms with Crippen molar-refractivity contribution in [1.82, 2.24) is 5.32 Å². The number of sulfone groups is 1. The van der Waals surface area contributed by atoms with E-state index in [2.05, 4.69) is 26.1 Å². The fourth-order valence-electron chi connectivity index (χ4n) is 1.61. The van der Waals surface area contributed by atoms with Crippen molar-refractivity contribution in [1.29, 1.82) is 0 Å². The summed E-state index contributed by atoms with van der Waals surface area (Å²) in [4.78, 5) is 0. The lowest BCUT2D eigenvalue weighted by Crippen LogP contribution is -2.28. The molecule has 0 saturated heterocycles. The van der Waals surface area contributed by atoms with Crippen LogP contribution in [0, 0.1) is 5.92 Å². The fourth-order valence-corrected chi connectivity index (χ4v) is 2.44. The van der Waals surface area contributed by atoms with Crippen molar-refractivity contribution in [2.24, 2.45) is 5.92 Å². The highest BCUT2D eigenvalue weighted by molar-refractivity contribution is 7.90. The average molecular weight is 235 g/mol. The highest BCUT2D eigenvalue weighted by atomic mass is 32.2. The van der Waals surface area contributed by atoms with Crippen molar-refractivity contribution < 1.29 is 8.42 Å². The molecule has 0 fully saturated rings. The monoisotopic (exact) mass is 235 g/mol. The second kappa shape index (κ2) is 7.23. The molecule has 0 amide bonds. The Balaban J connectivity index is 3.68. The number of nitrogens with one attached hydrogen (secondary N) is 1. The molecular formula is C11H25NO2S. The topological polar surface area (TPSA) is 46.2 Å². The first-order valence-electron chi connectivity index (χ1n) is 5.76. The van der Waals surface area contributed by atoms with Crippen LogP contribution in [-0.2, 0) is 9.84 Å². The molecule has 2 unspecified atom stereocenters. The van der Waals surface area contributed by atoms with Crippen molar-refractivity contribution in [2.75, 3.05) is 18.6 Å². The van der Waals surface area contributed by atoms with Gasteiger partial charge in [-0.3, -0.25) is 0 Å². The van der Waals surface area contributed by atoms with Crippen LogP contribution in [0.25, 0.3) is 0 Å². The van der Waals surface area contributed by atoms with Crippen LogP contribution in [-0.4, -0.2) is 33.0 Å². The smallest absolute Gasteiger partial charge is 0.147 e. The third-order valence-corrected chi connectivity index (χ3v) is 3.46. The molecule has 0 aromatic rings. The predicted octanol–water partition coefficient (Wildman–Crippen LogP) is 1.84. The normalized spacial score (nSPS) is 16.3. The van der Waals surface area contributed by atoms with Gasteiger partial charge in [0.05, 0.1) is 5.75 Å². The van der Waals surface area contributed by atoms with E-state index in [9.17, 15) is 8.42 Å². The molecule has 2 atom stereocenters. The first-order valence-corrected chi connectivity index (χ1v) is 7.82. The van der Waals surface area contributed by atoms with Crippen LogP contribution in [0.4, 0.5) is 0 Å². The summed E-state index contributed by atoms with van der Waals surface area (Å²) < 4.78 is 22.0. The molecular weight excluding hydrogens is 210 g/mol. The molecule has 3 nitrogen and oxygen atoms in total. The van der Waals surface area contributed by atoms with E-state index in [1.807, 2.05) is 0 Å². The van der Waals surface area contributed by atoms with Crippen LogP contribution in [0.5, 0.6) is 0 Å². The van der Waals surface area contributed by atoms with Crippen LogP contribution in [0.1, 0.15) is 40.0 Å². The molecule has 92 valence electrons. The van der Waals surface area contributed by atoms with E-state index in [0.29, 0.717) is 17.7 Å². The largest absolute Gasteiger partial charge is 0.314 e. The van der Waals surface area contributed by atoms with Crippen LogP contribution in [0.3, 0.4) is 0 Å². The van der Waals surface area contributed by atoms with Gasteiger partial charge >= 0.3 is 0 Å². The predicted molar refractivity (Wildman–Crippen MR) is 65.9 cm³/mol. The summed E-state index contributed by atoms with van der Waals surface area (Å²) >= 11 is 0. The van der Waals surface area contributed by atoms with Gasteiger partial charge in [-0.1, -0.05) is 13.8 Å². The van der Waals surface area contributed by atoms with Crippen LogP contribution in [0.15, 0.2) is 0 Å². The highest BCUT2D eigenvalue weighted by Crippen LogP contribution is 2.11. The third-order valence-electron chi connectivity index (χ3n) is 2.48. The Morgan fingerprint density at radius 1 is 1.27 bits per heavy atom. The molecule has 0 aromatic heterocycles. The van der Waals surface area contributed by atoms with Gasteiger partial charge in [0.25, 0.3) is 0 Å². The number of rotatable bonds is 8. The van der Waals surface area contributed by atoms with E-state index in [4.69, 9.17) is 0 Å². The van der Waals surface area contributed by atoms with Gasteiger partial charge in [0.15, 0.2) is 0 Å². The van der Waals surface area contributed by atoms with Crippen molar-refractivity contribution in [3.8, 4) is 0 Å². The first-order chi connectivity index (χ1) is 6.85. The Bertz CT molecular complexity index is 249. The van der Waals surface area contributed by atoms with Crippen molar-refractivity contribution in [3.63, 3.8) is 0 Å². The molecule has 0 aliphatic rings. The summed E-state index contributed by atoms with van der Waals surface area (Å²) in [6, 6.07) is 0.486. The molecule has 4 heteroatoms. The molecule has 0 heterocycles. The third kappa shape index (κ3) is 10.2. The SMILES string of the molecule is CCCNC(C)CC(C)CCS(C)(=O)=O. The summed E-state index contributed by atoms with van der Waals surface area (Å²) in [5.41, 5.74) is 0. The molecule has 0 aliphatic heterocycles. The Morgan fingerprint density at radius 3 is 2.33 bits per heavy atom. The van der Waals surface area contributed by atoms with Crippen molar-refractivity contribution >= 4 is 9.84 Å². The Labute approximate surface area is 94.6 Å². The van der Waals surface area contributed by atoms with Gasteiger partial charge in [-0.05, 0) is 38.6 Å². The minimum atomic E-state index is -2.79. The minimum Gasteiger partial charge on any atom is -0.314 e. The van der Waals surface area contributed by atoms with Gasteiger partial charge < -0.3 is 5.32 Å². The van der Waals surface area contributed by atoms with E-state index in [1.165, 1.54) is 6.26 Å². The number of hydrogen-bond acceptors (Lipinski definition) is 3. The van der Waals surface area contributed by atoms with Gasteiger partial charge in [-0.15, -0.1) is 0 Å². The molecule has 0 aliphatic carbocycles. The van der Waals surface area contributed by atoms with Gasteiger partial charge in [0.2, 0.25) is 0 Å². The maximum atomic E-state index is 11.0. The molecule has 15 heavy (non-hydrogen) atoms. The van der Waals surface area contributed by atoms with Crippen LogP contribution < -0.4 is 5.32 Å². The maximum absolute atomic E-state index is 11.0. The number of hydrogen-bond donors (Lipinski definition) is 1. The van der Waals surface area contributed by atoms with Crippen molar-refractivity contribution in [2.45, 2.75) is 46.1 Å².